The summed E-state index contributed by atoms with van der Waals surface area (Å²) in [5.41, 5.74) is 11.3. The molecular weight excluding hydrogens is 706 g/mol. The van der Waals surface area contributed by atoms with Crippen LogP contribution < -0.4 is 0 Å². The highest BCUT2D eigenvalue weighted by molar-refractivity contribution is 5.90. The smallest absolute Gasteiger partial charge is 0.338 e. The summed E-state index contributed by atoms with van der Waals surface area (Å²) < 4.78 is 37.6. The normalized spacial score (nSPS) is 26.2. The van der Waals surface area contributed by atoms with Crippen molar-refractivity contribution in [3.8, 4) is 0 Å². The molecule has 0 bridgehead atoms. The van der Waals surface area contributed by atoms with E-state index in [1.807, 2.05) is 30.3 Å². The van der Waals surface area contributed by atoms with Crippen LogP contribution >= 0.6 is 0 Å². The standard InChI is InChI=1S/C42H43N3O10/c1-27-36(54-40(48)31-18-10-4-11-19-31)35(26-51-39(47)30-16-8-3-9-17-30)53-42(37(27)55-41(49)32-20-12-5-13-21-32)52-34-23-29(24-46)22-33(44-45-43)38(34)50-25-28-14-6-2-7-15-28/h2-21,27,29,33-38,42,46H,22-26H2,1H3/t27?,29?,33?,34-,35?,36-,37?,38?,42-/m1/s1. The summed E-state index contributed by atoms with van der Waals surface area (Å²) in [6.07, 6.45) is -5.60. The Morgan fingerprint density at radius 3 is 1.82 bits per heavy atom. The van der Waals surface area contributed by atoms with E-state index >= 15 is 0 Å². The van der Waals surface area contributed by atoms with Crippen molar-refractivity contribution in [3.63, 3.8) is 0 Å². The molecule has 1 heterocycles. The second-order valence-electron chi connectivity index (χ2n) is 13.6. The molecular formula is C42H43N3O10. The second kappa shape index (κ2) is 19.2. The Bertz CT molecular complexity index is 1890. The predicted octanol–water partition coefficient (Wildman–Crippen LogP) is 6.71. The lowest BCUT2D eigenvalue weighted by molar-refractivity contribution is -0.310. The van der Waals surface area contributed by atoms with E-state index in [1.165, 1.54) is 0 Å². The van der Waals surface area contributed by atoms with Crippen molar-refractivity contribution in [1.82, 2.24) is 0 Å². The highest BCUT2D eigenvalue weighted by atomic mass is 16.7. The number of esters is 3. The van der Waals surface area contributed by atoms with Gasteiger partial charge in [-0.1, -0.05) is 97.0 Å². The van der Waals surface area contributed by atoms with Gasteiger partial charge in [-0.25, -0.2) is 14.4 Å². The van der Waals surface area contributed by atoms with E-state index in [2.05, 4.69) is 10.0 Å². The number of aliphatic hydroxyl groups is 1. The van der Waals surface area contributed by atoms with Crippen LogP contribution in [0, 0.1) is 11.8 Å². The molecule has 1 N–H and O–H groups in total. The van der Waals surface area contributed by atoms with Gasteiger partial charge in [0.1, 0.15) is 18.8 Å². The number of benzene rings is 4. The number of azide groups is 1. The zero-order chi connectivity index (χ0) is 38.6. The molecule has 0 radical (unpaired) electrons. The molecule has 13 nitrogen and oxygen atoms in total. The summed E-state index contributed by atoms with van der Waals surface area (Å²) in [5.74, 6) is -3.03. The Balaban J connectivity index is 1.33. The molecule has 2 fully saturated rings. The minimum atomic E-state index is -1.31. The van der Waals surface area contributed by atoms with Crippen LogP contribution in [0.25, 0.3) is 10.4 Å². The molecule has 286 valence electrons. The van der Waals surface area contributed by atoms with E-state index in [0.717, 1.165) is 5.56 Å². The van der Waals surface area contributed by atoms with Crippen molar-refractivity contribution in [3.05, 3.63) is 154 Å². The van der Waals surface area contributed by atoms with Gasteiger partial charge in [-0.3, -0.25) is 0 Å². The van der Waals surface area contributed by atoms with Crippen LogP contribution in [-0.2, 0) is 35.0 Å². The maximum atomic E-state index is 13.6. The summed E-state index contributed by atoms with van der Waals surface area (Å²) in [5, 5.41) is 14.3. The topological polar surface area (TPSA) is 176 Å². The fraction of sp³-hybridized carbons (Fsp3) is 0.357. The van der Waals surface area contributed by atoms with Crippen LogP contribution in [0.1, 0.15) is 56.4 Å². The monoisotopic (exact) mass is 749 g/mol. The van der Waals surface area contributed by atoms with Gasteiger partial charge in [0.05, 0.1) is 41.5 Å². The second-order valence-corrected chi connectivity index (χ2v) is 13.6. The Morgan fingerprint density at radius 1 is 0.745 bits per heavy atom. The molecule has 4 aromatic rings. The molecule has 55 heavy (non-hydrogen) atoms. The number of nitrogens with zero attached hydrogens (tertiary/aromatic N) is 3. The van der Waals surface area contributed by atoms with Gasteiger partial charge in [-0.05, 0) is 66.3 Å². The first-order valence-corrected chi connectivity index (χ1v) is 18.2. The lowest BCUT2D eigenvalue weighted by Crippen LogP contribution is -2.60. The number of carbonyl (C=O) groups is 3. The van der Waals surface area contributed by atoms with Crippen molar-refractivity contribution in [2.45, 2.75) is 69.2 Å². The molecule has 1 saturated heterocycles. The number of rotatable bonds is 14. The van der Waals surface area contributed by atoms with Crippen LogP contribution in [0.4, 0.5) is 0 Å². The first-order valence-electron chi connectivity index (χ1n) is 18.2. The maximum absolute atomic E-state index is 13.6. The average molecular weight is 750 g/mol. The number of hydrogen-bond donors (Lipinski definition) is 1. The Kier molecular flexibility index (Phi) is 13.6. The first-order chi connectivity index (χ1) is 26.8. The Labute approximate surface area is 318 Å². The number of aliphatic hydroxyl groups excluding tert-OH is 1. The summed E-state index contributed by atoms with van der Waals surface area (Å²) in [4.78, 5) is 43.3. The highest BCUT2D eigenvalue weighted by Gasteiger charge is 2.51. The van der Waals surface area contributed by atoms with Gasteiger partial charge in [-0.2, -0.15) is 0 Å². The summed E-state index contributed by atoms with van der Waals surface area (Å²) in [6, 6.07) is 33.9. The maximum Gasteiger partial charge on any atom is 0.338 e. The molecule has 6 rings (SSSR count). The number of ether oxygens (including phenoxy) is 6. The van der Waals surface area contributed by atoms with Gasteiger partial charge in [0.2, 0.25) is 0 Å². The van der Waals surface area contributed by atoms with Gasteiger partial charge in [0, 0.05) is 17.4 Å². The van der Waals surface area contributed by atoms with E-state index in [4.69, 9.17) is 28.4 Å². The SMILES string of the molecule is CC1C(OC(=O)c2ccccc2)[C@H](O[C@@H]2CC(CO)CC(N=[N+]=[N-])C2OCc2ccccc2)OC(COC(=O)c2ccccc2)[C@@H]1OC(=O)c1ccccc1. The van der Waals surface area contributed by atoms with Crippen molar-refractivity contribution in [1.29, 1.82) is 0 Å². The van der Waals surface area contributed by atoms with Crippen LogP contribution in [0.5, 0.6) is 0 Å². The van der Waals surface area contributed by atoms with E-state index in [9.17, 15) is 25.0 Å². The molecule has 0 aromatic heterocycles. The summed E-state index contributed by atoms with van der Waals surface area (Å²) in [6.45, 7) is 1.37. The third kappa shape index (κ3) is 10.2. The molecule has 1 aliphatic heterocycles. The molecule has 1 saturated carbocycles. The van der Waals surface area contributed by atoms with E-state index in [1.54, 1.807) is 97.9 Å². The predicted molar refractivity (Wildman–Crippen MR) is 198 cm³/mol. The van der Waals surface area contributed by atoms with Crippen LogP contribution in [0.3, 0.4) is 0 Å². The quantitative estimate of drug-likeness (QED) is 0.0480. The number of hydrogen-bond acceptors (Lipinski definition) is 11. The van der Waals surface area contributed by atoms with Crippen molar-refractivity contribution in [2.24, 2.45) is 17.0 Å². The minimum Gasteiger partial charge on any atom is -0.459 e. The molecule has 0 amide bonds. The molecule has 9 atom stereocenters. The Morgan fingerprint density at radius 2 is 1.27 bits per heavy atom. The lowest BCUT2D eigenvalue weighted by Gasteiger charge is -2.47. The Hall–Kier alpha value is -5.56. The van der Waals surface area contributed by atoms with Gasteiger partial charge in [-0.15, -0.1) is 0 Å². The van der Waals surface area contributed by atoms with Crippen molar-refractivity contribution in [2.75, 3.05) is 13.2 Å². The third-order valence-electron chi connectivity index (χ3n) is 9.81. The van der Waals surface area contributed by atoms with Crippen LogP contribution in [0.15, 0.2) is 126 Å². The molecule has 6 unspecified atom stereocenters. The van der Waals surface area contributed by atoms with Gasteiger partial charge in [0.15, 0.2) is 12.4 Å². The zero-order valence-electron chi connectivity index (χ0n) is 30.2. The van der Waals surface area contributed by atoms with Crippen LogP contribution in [0.2, 0.25) is 0 Å². The van der Waals surface area contributed by atoms with E-state index < -0.39 is 66.7 Å². The molecule has 13 heteroatoms. The van der Waals surface area contributed by atoms with Crippen LogP contribution in [-0.4, -0.2) is 79.1 Å². The lowest BCUT2D eigenvalue weighted by atomic mass is 9.82. The fourth-order valence-corrected chi connectivity index (χ4v) is 6.94. The molecule has 2 aliphatic rings. The zero-order valence-corrected chi connectivity index (χ0v) is 30.2. The largest absolute Gasteiger partial charge is 0.459 e. The first kappa shape index (κ1) is 39.1. The fourth-order valence-electron chi connectivity index (χ4n) is 6.94. The third-order valence-corrected chi connectivity index (χ3v) is 9.81. The summed E-state index contributed by atoms with van der Waals surface area (Å²) in [7, 11) is 0. The average Bonchev–Trinajstić information content (AvgIpc) is 3.23. The number of carbonyl (C=O) groups excluding carboxylic acids is 3. The summed E-state index contributed by atoms with van der Waals surface area (Å²) >= 11 is 0. The molecule has 4 aromatic carbocycles. The van der Waals surface area contributed by atoms with Crippen molar-refractivity contribution < 1.29 is 47.9 Å². The van der Waals surface area contributed by atoms with E-state index in [-0.39, 0.29) is 36.9 Å². The van der Waals surface area contributed by atoms with Gasteiger partial charge < -0.3 is 33.5 Å². The van der Waals surface area contributed by atoms with Crippen molar-refractivity contribution >= 4 is 17.9 Å². The van der Waals surface area contributed by atoms with Gasteiger partial charge in [0.25, 0.3) is 0 Å². The minimum absolute atomic E-state index is 0.177. The molecule has 0 spiro atoms. The molecule has 1 aliphatic carbocycles. The van der Waals surface area contributed by atoms with E-state index in [0.29, 0.717) is 18.4 Å². The van der Waals surface area contributed by atoms with Gasteiger partial charge >= 0.3 is 17.9 Å². The highest BCUT2D eigenvalue weighted by Crippen LogP contribution is 2.38.